The lowest BCUT2D eigenvalue weighted by Gasteiger charge is -2.19. The van der Waals surface area contributed by atoms with E-state index in [1.807, 2.05) is 30.3 Å². The summed E-state index contributed by atoms with van der Waals surface area (Å²) in [5, 5.41) is 3.92. The summed E-state index contributed by atoms with van der Waals surface area (Å²) in [4.78, 5) is 12.1. The Kier molecular flexibility index (Phi) is 6.75. The monoisotopic (exact) mass is 351 g/mol. The highest BCUT2D eigenvalue weighted by molar-refractivity contribution is 6.35. The molecule has 0 spiro atoms. The number of nitrogens with one attached hydrogen (secondary N) is 1. The summed E-state index contributed by atoms with van der Waals surface area (Å²) in [6.45, 7) is 2.00. The molecule has 0 aliphatic rings. The van der Waals surface area contributed by atoms with Crippen LogP contribution in [0.25, 0.3) is 0 Å². The number of hydrogen-bond acceptors (Lipinski definition) is 2. The second-order valence-electron chi connectivity index (χ2n) is 5.18. The first kappa shape index (κ1) is 17.6. The van der Waals surface area contributed by atoms with Crippen LogP contribution in [0.5, 0.6) is 5.75 Å². The lowest BCUT2D eigenvalue weighted by Crippen LogP contribution is -2.32. The van der Waals surface area contributed by atoms with Crippen molar-refractivity contribution in [3.8, 4) is 5.75 Å². The van der Waals surface area contributed by atoms with Crippen molar-refractivity contribution >= 4 is 29.1 Å². The third kappa shape index (κ3) is 5.45. The highest BCUT2D eigenvalue weighted by atomic mass is 35.5. The molecule has 122 valence electrons. The van der Waals surface area contributed by atoms with Crippen LogP contribution in [0.1, 0.15) is 31.4 Å². The van der Waals surface area contributed by atoms with Crippen LogP contribution in [0.2, 0.25) is 10.0 Å². The minimum absolute atomic E-state index is 0.0158. The predicted molar refractivity (Wildman–Crippen MR) is 94.2 cm³/mol. The van der Waals surface area contributed by atoms with Gasteiger partial charge in [0.15, 0.2) is 6.61 Å². The molecule has 2 rings (SSSR count). The summed E-state index contributed by atoms with van der Waals surface area (Å²) in [6.07, 6.45) is 1.85. The van der Waals surface area contributed by atoms with Crippen molar-refractivity contribution < 1.29 is 9.53 Å². The van der Waals surface area contributed by atoms with Gasteiger partial charge in [-0.3, -0.25) is 4.79 Å². The van der Waals surface area contributed by atoms with Gasteiger partial charge in [0.05, 0.1) is 11.1 Å². The van der Waals surface area contributed by atoms with E-state index in [1.165, 1.54) is 0 Å². The quantitative estimate of drug-likeness (QED) is 0.759. The van der Waals surface area contributed by atoms with E-state index >= 15 is 0 Å². The fraction of sp³-hybridized carbons (Fsp3) is 0.278. The summed E-state index contributed by atoms with van der Waals surface area (Å²) in [7, 11) is 0. The number of carbonyl (C=O) groups is 1. The van der Waals surface area contributed by atoms with E-state index in [-0.39, 0.29) is 18.6 Å². The van der Waals surface area contributed by atoms with Crippen LogP contribution in [-0.2, 0) is 4.79 Å². The molecule has 2 aromatic carbocycles. The van der Waals surface area contributed by atoms with E-state index in [4.69, 9.17) is 27.9 Å². The number of hydrogen-bond donors (Lipinski definition) is 1. The molecule has 0 heterocycles. The largest absolute Gasteiger partial charge is 0.482 e. The Morgan fingerprint density at radius 3 is 2.57 bits per heavy atom. The molecule has 0 bridgehead atoms. The summed E-state index contributed by atoms with van der Waals surface area (Å²) < 4.78 is 5.47. The molecule has 0 aromatic heterocycles. The van der Waals surface area contributed by atoms with Gasteiger partial charge in [0, 0.05) is 5.02 Å². The topological polar surface area (TPSA) is 38.3 Å². The molecule has 1 N–H and O–H groups in total. The van der Waals surface area contributed by atoms with E-state index in [0.717, 1.165) is 18.4 Å². The molecule has 1 unspecified atom stereocenters. The maximum atomic E-state index is 12.1. The van der Waals surface area contributed by atoms with E-state index in [9.17, 15) is 4.79 Å². The van der Waals surface area contributed by atoms with Crippen molar-refractivity contribution in [1.29, 1.82) is 0 Å². The lowest BCUT2D eigenvalue weighted by atomic mass is 10.0. The van der Waals surface area contributed by atoms with Crippen molar-refractivity contribution in [2.75, 3.05) is 6.61 Å². The molecular formula is C18H19Cl2NO2. The number of carbonyl (C=O) groups excluding carboxylic acids is 1. The maximum Gasteiger partial charge on any atom is 0.258 e. The fourth-order valence-corrected chi connectivity index (χ4v) is 2.73. The van der Waals surface area contributed by atoms with Crippen molar-refractivity contribution in [3.05, 3.63) is 64.1 Å². The maximum absolute atomic E-state index is 12.1. The predicted octanol–water partition coefficient (Wildman–Crippen LogP) is 5.03. The Labute approximate surface area is 146 Å². The molecule has 2 aromatic rings. The molecule has 0 aliphatic heterocycles. The number of ether oxygens (including phenoxy) is 1. The molecular weight excluding hydrogens is 333 g/mol. The summed E-state index contributed by atoms with van der Waals surface area (Å²) in [5.74, 6) is 0.260. The fourth-order valence-electron chi connectivity index (χ4n) is 2.27. The van der Waals surface area contributed by atoms with Gasteiger partial charge in [-0.2, -0.15) is 0 Å². The summed E-state index contributed by atoms with van der Waals surface area (Å²) >= 11 is 11.9. The first-order chi connectivity index (χ1) is 11.1. The molecule has 1 atom stereocenters. The molecule has 0 radical (unpaired) electrons. The van der Waals surface area contributed by atoms with E-state index in [1.54, 1.807) is 18.2 Å². The minimum atomic E-state index is -0.182. The molecule has 0 saturated heterocycles. The third-order valence-corrected chi connectivity index (χ3v) is 3.90. The average molecular weight is 352 g/mol. The zero-order valence-electron chi connectivity index (χ0n) is 12.9. The van der Waals surface area contributed by atoms with E-state index in [0.29, 0.717) is 15.8 Å². The van der Waals surface area contributed by atoms with Crippen molar-refractivity contribution in [2.24, 2.45) is 0 Å². The first-order valence-electron chi connectivity index (χ1n) is 7.52. The Balaban J connectivity index is 1.94. The molecule has 3 nitrogen and oxygen atoms in total. The van der Waals surface area contributed by atoms with Gasteiger partial charge in [0.2, 0.25) is 0 Å². The van der Waals surface area contributed by atoms with Crippen LogP contribution in [0.4, 0.5) is 0 Å². The highest BCUT2D eigenvalue weighted by Gasteiger charge is 2.14. The number of rotatable bonds is 7. The number of benzene rings is 2. The Morgan fingerprint density at radius 2 is 1.91 bits per heavy atom. The molecule has 5 heteroatoms. The van der Waals surface area contributed by atoms with Gasteiger partial charge in [0.25, 0.3) is 5.91 Å². The van der Waals surface area contributed by atoms with Crippen LogP contribution in [0, 0.1) is 0 Å². The molecule has 0 saturated carbocycles. The van der Waals surface area contributed by atoms with Crippen LogP contribution >= 0.6 is 23.2 Å². The van der Waals surface area contributed by atoms with Crippen molar-refractivity contribution in [3.63, 3.8) is 0 Å². The van der Waals surface area contributed by atoms with Crippen molar-refractivity contribution in [1.82, 2.24) is 5.32 Å². The third-order valence-electron chi connectivity index (χ3n) is 3.37. The number of halogens is 2. The van der Waals surface area contributed by atoms with Gasteiger partial charge in [-0.15, -0.1) is 0 Å². The number of amides is 1. The highest BCUT2D eigenvalue weighted by Crippen LogP contribution is 2.27. The Morgan fingerprint density at radius 1 is 1.17 bits per heavy atom. The lowest BCUT2D eigenvalue weighted by molar-refractivity contribution is -0.123. The zero-order valence-corrected chi connectivity index (χ0v) is 14.4. The second-order valence-corrected chi connectivity index (χ2v) is 6.03. The Hall–Kier alpha value is -1.71. The van der Waals surface area contributed by atoms with Gasteiger partial charge in [-0.05, 0) is 30.2 Å². The van der Waals surface area contributed by atoms with Gasteiger partial charge in [-0.1, -0.05) is 66.9 Å². The van der Waals surface area contributed by atoms with Gasteiger partial charge < -0.3 is 10.1 Å². The summed E-state index contributed by atoms with van der Waals surface area (Å²) in [5.41, 5.74) is 1.09. The Bertz CT molecular complexity index is 647. The molecule has 23 heavy (non-hydrogen) atoms. The summed E-state index contributed by atoms with van der Waals surface area (Å²) in [6, 6.07) is 14.8. The normalized spacial score (nSPS) is 11.8. The van der Waals surface area contributed by atoms with Crippen LogP contribution in [0.3, 0.4) is 0 Å². The van der Waals surface area contributed by atoms with Crippen LogP contribution in [0.15, 0.2) is 48.5 Å². The van der Waals surface area contributed by atoms with Crippen LogP contribution < -0.4 is 10.1 Å². The molecule has 0 aliphatic carbocycles. The smallest absolute Gasteiger partial charge is 0.258 e. The molecule has 0 fully saturated rings. The average Bonchev–Trinajstić information content (AvgIpc) is 2.54. The van der Waals surface area contributed by atoms with Gasteiger partial charge in [-0.25, -0.2) is 0 Å². The van der Waals surface area contributed by atoms with Crippen molar-refractivity contribution in [2.45, 2.75) is 25.8 Å². The van der Waals surface area contributed by atoms with Gasteiger partial charge >= 0.3 is 0 Å². The SMILES string of the molecule is CCCC(NC(=O)COc1ccc(Cl)cc1Cl)c1ccccc1. The zero-order chi connectivity index (χ0) is 16.7. The van der Waals surface area contributed by atoms with E-state index in [2.05, 4.69) is 12.2 Å². The second kappa shape index (κ2) is 8.80. The first-order valence-corrected chi connectivity index (χ1v) is 8.28. The van der Waals surface area contributed by atoms with Crippen LogP contribution in [-0.4, -0.2) is 12.5 Å². The van der Waals surface area contributed by atoms with E-state index < -0.39 is 0 Å². The van der Waals surface area contributed by atoms with Gasteiger partial charge in [0.1, 0.15) is 5.75 Å². The minimum Gasteiger partial charge on any atom is -0.482 e. The standard InChI is InChI=1S/C18H19Cl2NO2/c1-2-6-16(13-7-4-3-5-8-13)21-18(22)12-23-17-10-9-14(19)11-15(17)20/h3-5,7-11,16H,2,6,12H2,1H3,(H,21,22). The molecule has 1 amide bonds.